The van der Waals surface area contributed by atoms with Crippen LogP contribution in [0.5, 0.6) is 0 Å². The van der Waals surface area contributed by atoms with Gasteiger partial charge in [0.15, 0.2) is 5.82 Å². The van der Waals surface area contributed by atoms with Gasteiger partial charge in [-0.05, 0) is 44.7 Å². The molecule has 1 aromatic heterocycles. The van der Waals surface area contributed by atoms with Crippen molar-refractivity contribution in [3.63, 3.8) is 0 Å². The third kappa shape index (κ3) is 2.40. The summed E-state index contributed by atoms with van der Waals surface area (Å²) in [7, 11) is 1.91. The summed E-state index contributed by atoms with van der Waals surface area (Å²) >= 11 is 0. The van der Waals surface area contributed by atoms with Gasteiger partial charge in [-0.25, -0.2) is 9.97 Å². The molecular weight excluding hydrogens is 246 g/mol. The van der Waals surface area contributed by atoms with Crippen LogP contribution in [0.2, 0.25) is 0 Å². The Bertz CT molecular complexity index is 634. The zero-order valence-corrected chi connectivity index (χ0v) is 12.6. The summed E-state index contributed by atoms with van der Waals surface area (Å²) in [4.78, 5) is 9.48. The monoisotopic (exact) mass is 267 g/mol. The standard InChI is InChI=1S/C17H21N3/c1-10-7-11(2)16(12(3)8-10)17-19-14(13-5-6-13)9-15(18-4)20-17/h7-9,13H,5-6H2,1-4H3,(H,18,19,20). The van der Waals surface area contributed by atoms with Gasteiger partial charge in [0.2, 0.25) is 0 Å². The third-order valence-electron chi connectivity index (χ3n) is 3.90. The maximum atomic E-state index is 4.81. The van der Waals surface area contributed by atoms with Crippen LogP contribution in [-0.2, 0) is 0 Å². The molecule has 0 saturated heterocycles. The number of nitrogens with zero attached hydrogens (tertiary/aromatic N) is 2. The van der Waals surface area contributed by atoms with Crippen LogP contribution < -0.4 is 5.32 Å². The maximum Gasteiger partial charge on any atom is 0.162 e. The van der Waals surface area contributed by atoms with E-state index < -0.39 is 0 Å². The molecular formula is C17H21N3. The molecule has 1 heterocycles. The molecule has 0 radical (unpaired) electrons. The lowest BCUT2D eigenvalue weighted by atomic mass is 9.99. The molecule has 2 aromatic rings. The van der Waals surface area contributed by atoms with Crippen LogP contribution in [-0.4, -0.2) is 17.0 Å². The predicted octanol–water partition coefficient (Wildman–Crippen LogP) is 3.99. The van der Waals surface area contributed by atoms with Crippen LogP contribution in [0, 0.1) is 20.8 Å². The Morgan fingerprint density at radius 1 is 1.00 bits per heavy atom. The molecule has 104 valence electrons. The van der Waals surface area contributed by atoms with E-state index in [4.69, 9.17) is 4.98 Å². The average Bonchev–Trinajstić information content (AvgIpc) is 3.21. The lowest BCUT2D eigenvalue weighted by Gasteiger charge is -2.12. The fourth-order valence-electron chi connectivity index (χ4n) is 2.83. The van der Waals surface area contributed by atoms with E-state index in [1.807, 2.05) is 7.05 Å². The van der Waals surface area contributed by atoms with E-state index >= 15 is 0 Å². The summed E-state index contributed by atoms with van der Waals surface area (Å²) in [5, 5.41) is 3.16. The minimum atomic E-state index is 0.634. The Labute approximate surface area is 120 Å². The van der Waals surface area contributed by atoms with Gasteiger partial charge in [0.1, 0.15) is 5.82 Å². The molecule has 0 amide bonds. The topological polar surface area (TPSA) is 37.8 Å². The number of nitrogens with one attached hydrogen (secondary N) is 1. The van der Waals surface area contributed by atoms with Gasteiger partial charge in [-0.15, -0.1) is 0 Å². The first-order chi connectivity index (χ1) is 9.58. The van der Waals surface area contributed by atoms with E-state index in [1.165, 1.54) is 40.8 Å². The number of aryl methyl sites for hydroxylation is 3. The number of benzene rings is 1. The molecule has 1 fully saturated rings. The minimum Gasteiger partial charge on any atom is -0.373 e. The first-order valence-electron chi connectivity index (χ1n) is 7.23. The largest absolute Gasteiger partial charge is 0.373 e. The zero-order valence-electron chi connectivity index (χ0n) is 12.6. The van der Waals surface area contributed by atoms with Crippen LogP contribution in [0.1, 0.15) is 41.1 Å². The van der Waals surface area contributed by atoms with Crippen molar-refractivity contribution in [3.05, 3.63) is 40.6 Å². The van der Waals surface area contributed by atoms with Gasteiger partial charge in [-0.2, -0.15) is 0 Å². The van der Waals surface area contributed by atoms with Gasteiger partial charge in [0.25, 0.3) is 0 Å². The Morgan fingerprint density at radius 2 is 1.65 bits per heavy atom. The van der Waals surface area contributed by atoms with Gasteiger partial charge in [-0.3, -0.25) is 0 Å². The normalized spacial score (nSPS) is 14.4. The summed E-state index contributed by atoms with van der Waals surface area (Å²) in [6, 6.07) is 6.49. The van der Waals surface area contributed by atoms with Crippen molar-refractivity contribution in [3.8, 4) is 11.4 Å². The molecule has 1 aliphatic rings. The van der Waals surface area contributed by atoms with Crippen molar-refractivity contribution in [1.82, 2.24) is 9.97 Å². The van der Waals surface area contributed by atoms with Gasteiger partial charge in [0, 0.05) is 30.3 Å². The maximum absolute atomic E-state index is 4.81. The zero-order chi connectivity index (χ0) is 14.3. The highest BCUT2D eigenvalue weighted by molar-refractivity contribution is 5.66. The second-order valence-electron chi connectivity index (χ2n) is 5.80. The fourth-order valence-corrected chi connectivity index (χ4v) is 2.83. The van der Waals surface area contributed by atoms with Crippen molar-refractivity contribution in [1.29, 1.82) is 0 Å². The molecule has 1 N–H and O–H groups in total. The van der Waals surface area contributed by atoms with Crippen LogP contribution in [0.25, 0.3) is 11.4 Å². The van der Waals surface area contributed by atoms with Gasteiger partial charge < -0.3 is 5.32 Å². The Morgan fingerprint density at radius 3 is 2.20 bits per heavy atom. The van der Waals surface area contributed by atoms with Gasteiger partial charge in [-0.1, -0.05) is 17.7 Å². The Kier molecular flexibility index (Phi) is 3.20. The summed E-state index contributed by atoms with van der Waals surface area (Å²) in [6.45, 7) is 6.41. The summed E-state index contributed by atoms with van der Waals surface area (Å²) in [6.07, 6.45) is 2.51. The van der Waals surface area contributed by atoms with E-state index in [2.05, 4.69) is 49.3 Å². The molecule has 0 unspecified atom stereocenters. The number of hydrogen-bond acceptors (Lipinski definition) is 3. The molecule has 1 aromatic carbocycles. The SMILES string of the molecule is CNc1cc(C2CC2)nc(-c2c(C)cc(C)cc2C)n1. The molecule has 0 aliphatic heterocycles. The molecule has 0 bridgehead atoms. The van der Waals surface area contributed by atoms with E-state index in [9.17, 15) is 0 Å². The van der Waals surface area contributed by atoms with Crippen molar-refractivity contribution >= 4 is 5.82 Å². The second-order valence-corrected chi connectivity index (χ2v) is 5.80. The van der Waals surface area contributed by atoms with Gasteiger partial charge >= 0.3 is 0 Å². The van der Waals surface area contributed by atoms with Crippen molar-refractivity contribution in [2.75, 3.05) is 12.4 Å². The number of aromatic nitrogens is 2. The first kappa shape index (κ1) is 13.1. The minimum absolute atomic E-state index is 0.634. The molecule has 0 spiro atoms. The molecule has 3 nitrogen and oxygen atoms in total. The lowest BCUT2D eigenvalue weighted by molar-refractivity contribution is 0.991. The first-order valence-corrected chi connectivity index (χ1v) is 7.23. The number of hydrogen-bond donors (Lipinski definition) is 1. The smallest absolute Gasteiger partial charge is 0.162 e. The van der Waals surface area contributed by atoms with Crippen LogP contribution in [0.15, 0.2) is 18.2 Å². The predicted molar refractivity (Wildman–Crippen MR) is 83.2 cm³/mol. The van der Waals surface area contributed by atoms with E-state index in [-0.39, 0.29) is 0 Å². The van der Waals surface area contributed by atoms with Crippen LogP contribution in [0.3, 0.4) is 0 Å². The Balaban J connectivity index is 2.16. The van der Waals surface area contributed by atoms with E-state index in [0.29, 0.717) is 5.92 Å². The molecule has 3 rings (SSSR count). The van der Waals surface area contributed by atoms with Gasteiger partial charge in [0.05, 0.1) is 0 Å². The van der Waals surface area contributed by atoms with Crippen molar-refractivity contribution in [2.45, 2.75) is 39.5 Å². The fraction of sp³-hybridized carbons (Fsp3) is 0.412. The summed E-state index contributed by atoms with van der Waals surface area (Å²) < 4.78 is 0. The van der Waals surface area contributed by atoms with Crippen LogP contribution >= 0.6 is 0 Å². The molecule has 3 heteroatoms. The van der Waals surface area contributed by atoms with Crippen molar-refractivity contribution < 1.29 is 0 Å². The highest BCUT2D eigenvalue weighted by atomic mass is 15.0. The molecule has 1 saturated carbocycles. The molecule has 1 aliphatic carbocycles. The second kappa shape index (κ2) is 4.89. The average molecular weight is 267 g/mol. The van der Waals surface area contributed by atoms with Crippen LogP contribution in [0.4, 0.5) is 5.82 Å². The highest BCUT2D eigenvalue weighted by Crippen LogP contribution is 2.40. The van der Waals surface area contributed by atoms with E-state index in [0.717, 1.165) is 11.6 Å². The third-order valence-corrected chi connectivity index (χ3v) is 3.90. The summed E-state index contributed by atoms with van der Waals surface area (Å²) in [5.41, 5.74) is 6.14. The quantitative estimate of drug-likeness (QED) is 0.913. The Hall–Kier alpha value is -1.90. The number of rotatable bonds is 3. The van der Waals surface area contributed by atoms with E-state index in [1.54, 1.807) is 0 Å². The summed E-state index contributed by atoms with van der Waals surface area (Å²) in [5.74, 6) is 2.40. The molecule has 20 heavy (non-hydrogen) atoms. The number of anilines is 1. The lowest BCUT2D eigenvalue weighted by Crippen LogP contribution is -2.02. The highest BCUT2D eigenvalue weighted by Gasteiger charge is 2.26. The molecule has 0 atom stereocenters. The van der Waals surface area contributed by atoms with Crippen molar-refractivity contribution in [2.24, 2.45) is 0 Å².